The Balaban J connectivity index is 1.75. The first-order valence-corrected chi connectivity index (χ1v) is 8.32. The summed E-state index contributed by atoms with van der Waals surface area (Å²) in [5.41, 5.74) is 0.922. The number of aromatic nitrogens is 2. The molecule has 1 aliphatic heterocycles. The molecule has 0 aliphatic carbocycles. The van der Waals surface area contributed by atoms with Crippen LogP contribution >= 0.6 is 0 Å². The van der Waals surface area contributed by atoms with Crippen LogP contribution in [0.2, 0.25) is 0 Å². The average Bonchev–Trinajstić information content (AvgIpc) is 2.58. The molecular formula is C18H24N4O. The van der Waals surface area contributed by atoms with Crippen LogP contribution in [0.1, 0.15) is 26.7 Å². The van der Waals surface area contributed by atoms with Gasteiger partial charge < -0.3 is 15.0 Å². The molecule has 0 spiro atoms. The van der Waals surface area contributed by atoms with Gasteiger partial charge in [-0.15, -0.1) is 0 Å². The van der Waals surface area contributed by atoms with E-state index < -0.39 is 0 Å². The van der Waals surface area contributed by atoms with E-state index in [1.807, 2.05) is 37.3 Å². The van der Waals surface area contributed by atoms with Crippen LogP contribution in [-0.4, -0.2) is 29.7 Å². The summed E-state index contributed by atoms with van der Waals surface area (Å²) >= 11 is 0. The number of hydrogen-bond acceptors (Lipinski definition) is 5. The van der Waals surface area contributed by atoms with Gasteiger partial charge >= 0.3 is 0 Å². The highest BCUT2D eigenvalue weighted by Gasteiger charge is 2.17. The van der Waals surface area contributed by atoms with E-state index in [1.54, 1.807) is 6.33 Å². The highest BCUT2D eigenvalue weighted by atomic mass is 16.5. The van der Waals surface area contributed by atoms with E-state index in [9.17, 15) is 0 Å². The topological polar surface area (TPSA) is 50.3 Å². The lowest BCUT2D eigenvalue weighted by Crippen LogP contribution is -2.33. The van der Waals surface area contributed by atoms with Crippen molar-refractivity contribution in [2.45, 2.75) is 26.7 Å². The molecule has 1 aromatic carbocycles. The van der Waals surface area contributed by atoms with Gasteiger partial charge in [0.2, 0.25) is 0 Å². The zero-order valence-electron chi connectivity index (χ0n) is 13.8. The molecule has 1 N–H and O–H groups in total. The van der Waals surface area contributed by atoms with E-state index in [-0.39, 0.29) is 0 Å². The zero-order chi connectivity index (χ0) is 16.1. The van der Waals surface area contributed by atoms with Crippen molar-refractivity contribution in [1.29, 1.82) is 0 Å². The number of hydrogen-bond donors (Lipinski definition) is 1. The average molecular weight is 312 g/mol. The molecule has 1 saturated heterocycles. The molecular weight excluding hydrogens is 288 g/mol. The fourth-order valence-electron chi connectivity index (χ4n) is 2.82. The number of rotatable bonds is 5. The van der Waals surface area contributed by atoms with E-state index in [4.69, 9.17) is 4.74 Å². The maximum Gasteiger partial charge on any atom is 0.142 e. The minimum absolute atomic E-state index is 0.639. The van der Waals surface area contributed by atoms with Gasteiger partial charge in [-0.2, -0.15) is 0 Å². The van der Waals surface area contributed by atoms with Crippen molar-refractivity contribution in [2.75, 3.05) is 29.9 Å². The number of para-hydroxylation sites is 2. The van der Waals surface area contributed by atoms with Gasteiger partial charge in [-0.25, -0.2) is 9.97 Å². The second kappa shape index (κ2) is 7.31. The lowest BCUT2D eigenvalue weighted by Gasteiger charge is -2.31. The predicted octanol–water partition coefficient (Wildman–Crippen LogP) is 3.86. The molecule has 122 valence electrons. The predicted molar refractivity (Wildman–Crippen MR) is 93.5 cm³/mol. The van der Waals surface area contributed by atoms with Crippen molar-refractivity contribution >= 4 is 17.3 Å². The second-order valence-corrected chi connectivity index (χ2v) is 5.99. The molecule has 0 amide bonds. The van der Waals surface area contributed by atoms with Gasteiger partial charge in [0, 0.05) is 19.2 Å². The summed E-state index contributed by atoms with van der Waals surface area (Å²) < 4.78 is 5.65. The summed E-state index contributed by atoms with van der Waals surface area (Å²) in [4.78, 5) is 11.1. The van der Waals surface area contributed by atoms with E-state index in [2.05, 4.69) is 27.1 Å². The summed E-state index contributed by atoms with van der Waals surface area (Å²) in [6.45, 7) is 7.06. The molecule has 0 radical (unpaired) electrons. The first-order chi connectivity index (χ1) is 11.3. The van der Waals surface area contributed by atoms with Gasteiger partial charge in [-0.05, 0) is 37.8 Å². The van der Waals surface area contributed by atoms with Gasteiger partial charge in [0.25, 0.3) is 0 Å². The van der Waals surface area contributed by atoms with Gasteiger partial charge in [0.05, 0.1) is 12.3 Å². The number of benzene rings is 1. The number of piperidine rings is 1. The Morgan fingerprint density at radius 1 is 1.22 bits per heavy atom. The molecule has 0 atom stereocenters. The van der Waals surface area contributed by atoms with Crippen molar-refractivity contribution in [3.05, 3.63) is 36.7 Å². The van der Waals surface area contributed by atoms with Crippen LogP contribution < -0.4 is 15.0 Å². The van der Waals surface area contributed by atoms with Gasteiger partial charge in [-0.3, -0.25) is 0 Å². The van der Waals surface area contributed by atoms with Gasteiger partial charge in [-0.1, -0.05) is 19.1 Å². The number of anilines is 3. The molecule has 5 nitrogen and oxygen atoms in total. The Kier molecular flexibility index (Phi) is 4.95. The first kappa shape index (κ1) is 15.6. The first-order valence-electron chi connectivity index (χ1n) is 8.32. The van der Waals surface area contributed by atoms with Crippen LogP contribution in [0.4, 0.5) is 17.3 Å². The molecule has 5 heteroatoms. The smallest absolute Gasteiger partial charge is 0.142 e. The van der Waals surface area contributed by atoms with Crippen molar-refractivity contribution in [3.63, 3.8) is 0 Å². The van der Waals surface area contributed by atoms with E-state index in [0.29, 0.717) is 6.61 Å². The fraction of sp³-hybridized carbons (Fsp3) is 0.444. The van der Waals surface area contributed by atoms with Crippen molar-refractivity contribution in [2.24, 2.45) is 5.92 Å². The highest BCUT2D eigenvalue weighted by molar-refractivity contribution is 5.65. The molecule has 0 bridgehead atoms. The molecule has 1 fully saturated rings. The molecule has 0 saturated carbocycles. The largest absolute Gasteiger partial charge is 0.492 e. The van der Waals surface area contributed by atoms with Gasteiger partial charge in [0.1, 0.15) is 23.7 Å². The minimum atomic E-state index is 0.639. The Morgan fingerprint density at radius 2 is 2.00 bits per heavy atom. The van der Waals surface area contributed by atoms with Crippen LogP contribution in [0, 0.1) is 5.92 Å². The van der Waals surface area contributed by atoms with Crippen LogP contribution in [-0.2, 0) is 0 Å². The van der Waals surface area contributed by atoms with Crippen molar-refractivity contribution in [1.82, 2.24) is 9.97 Å². The van der Waals surface area contributed by atoms with Crippen LogP contribution in [0.25, 0.3) is 0 Å². The molecule has 1 aromatic heterocycles. The third kappa shape index (κ3) is 3.92. The van der Waals surface area contributed by atoms with Crippen LogP contribution in [0.5, 0.6) is 5.75 Å². The minimum Gasteiger partial charge on any atom is -0.492 e. The lowest BCUT2D eigenvalue weighted by molar-refractivity contribution is 0.342. The molecule has 0 unspecified atom stereocenters. The zero-order valence-corrected chi connectivity index (χ0v) is 13.8. The highest BCUT2D eigenvalue weighted by Crippen LogP contribution is 2.28. The maximum atomic E-state index is 5.65. The van der Waals surface area contributed by atoms with E-state index in [1.165, 1.54) is 12.8 Å². The maximum absolute atomic E-state index is 5.65. The van der Waals surface area contributed by atoms with Crippen LogP contribution in [0.3, 0.4) is 0 Å². The SMILES string of the molecule is CCOc1ccccc1Nc1cc(N2CCC(C)CC2)ncn1. The number of nitrogens with zero attached hydrogens (tertiary/aromatic N) is 3. The Hall–Kier alpha value is -2.30. The molecule has 3 rings (SSSR count). The van der Waals surface area contributed by atoms with E-state index >= 15 is 0 Å². The monoisotopic (exact) mass is 312 g/mol. The summed E-state index contributed by atoms with van der Waals surface area (Å²) in [6, 6.07) is 9.92. The standard InChI is InChI=1S/C18H24N4O/c1-3-23-16-7-5-4-6-15(16)21-17-12-18(20-13-19-17)22-10-8-14(2)9-11-22/h4-7,12-14H,3,8-11H2,1-2H3,(H,19,20,21). The quantitative estimate of drug-likeness (QED) is 0.908. The third-order valence-electron chi connectivity index (χ3n) is 4.21. The van der Waals surface area contributed by atoms with E-state index in [0.717, 1.165) is 42.1 Å². The van der Waals surface area contributed by atoms with Crippen LogP contribution in [0.15, 0.2) is 36.7 Å². The molecule has 2 heterocycles. The fourth-order valence-corrected chi connectivity index (χ4v) is 2.82. The van der Waals surface area contributed by atoms with Gasteiger partial charge in [0.15, 0.2) is 0 Å². The molecule has 2 aromatic rings. The summed E-state index contributed by atoms with van der Waals surface area (Å²) in [6.07, 6.45) is 4.07. The number of nitrogens with one attached hydrogen (secondary N) is 1. The summed E-state index contributed by atoms with van der Waals surface area (Å²) in [5, 5.41) is 3.34. The normalized spacial score (nSPS) is 15.5. The molecule has 23 heavy (non-hydrogen) atoms. The Bertz CT molecular complexity index is 638. The second-order valence-electron chi connectivity index (χ2n) is 5.99. The number of ether oxygens (including phenoxy) is 1. The van der Waals surface area contributed by atoms with Crippen molar-refractivity contribution in [3.8, 4) is 5.75 Å². The lowest BCUT2D eigenvalue weighted by atomic mass is 9.99. The summed E-state index contributed by atoms with van der Waals surface area (Å²) in [7, 11) is 0. The Morgan fingerprint density at radius 3 is 2.78 bits per heavy atom. The molecule has 1 aliphatic rings. The third-order valence-corrected chi connectivity index (χ3v) is 4.21. The Labute approximate surface area is 137 Å². The van der Waals surface area contributed by atoms with Crippen molar-refractivity contribution < 1.29 is 4.74 Å². The summed E-state index contributed by atoms with van der Waals surface area (Å²) in [5.74, 6) is 3.43.